The lowest BCUT2D eigenvalue weighted by atomic mass is 9.89. The van der Waals surface area contributed by atoms with Gasteiger partial charge in [0.1, 0.15) is 17.1 Å². The van der Waals surface area contributed by atoms with Crippen LogP contribution in [0.1, 0.15) is 73.4 Å². The summed E-state index contributed by atoms with van der Waals surface area (Å²) in [5.41, 5.74) is 6.15. The molecule has 2 rings (SSSR count). The highest BCUT2D eigenvalue weighted by atomic mass is 16.5. The summed E-state index contributed by atoms with van der Waals surface area (Å²) in [5.74, 6) is 1.85. The summed E-state index contributed by atoms with van der Waals surface area (Å²) in [5, 5.41) is 10.1. The molecule has 0 bridgehead atoms. The predicted octanol–water partition coefficient (Wildman–Crippen LogP) is 6.45. The molecular weight excluding hydrogens is 308 g/mol. The van der Waals surface area contributed by atoms with E-state index in [-0.39, 0.29) is 0 Å². The Morgan fingerprint density at radius 1 is 0.920 bits per heavy atom. The molecule has 0 saturated heterocycles. The van der Waals surface area contributed by atoms with Gasteiger partial charge in [0.25, 0.3) is 0 Å². The van der Waals surface area contributed by atoms with E-state index in [9.17, 15) is 5.11 Å². The normalized spacial score (nSPS) is 13.8. The predicted molar refractivity (Wildman–Crippen MR) is 106 cm³/mol. The smallest absolute Gasteiger partial charge is 0.131 e. The minimum Gasteiger partial charge on any atom is -0.507 e. The van der Waals surface area contributed by atoms with Crippen molar-refractivity contribution < 1.29 is 9.84 Å². The zero-order chi connectivity index (χ0) is 18.9. The molecule has 0 heterocycles. The molecule has 136 valence electrons. The highest BCUT2D eigenvalue weighted by Crippen LogP contribution is 2.38. The number of aromatic hydroxyl groups is 1. The van der Waals surface area contributed by atoms with Gasteiger partial charge in [-0.3, -0.25) is 0 Å². The molecule has 0 amide bonds. The zero-order valence-electron chi connectivity index (χ0n) is 16.9. The lowest BCUT2D eigenvalue weighted by Crippen LogP contribution is -2.29. The van der Waals surface area contributed by atoms with Gasteiger partial charge in [0, 0.05) is 0 Å². The van der Waals surface area contributed by atoms with Gasteiger partial charge in [0.2, 0.25) is 0 Å². The van der Waals surface area contributed by atoms with Crippen LogP contribution in [0.2, 0.25) is 0 Å². The van der Waals surface area contributed by atoms with Crippen LogP contribution in [0.25, 0.3) is 0 Å². The Morgan fingerprint density at radius 2 is 1.40 bits per heavy atom. The first kappa shape index (κ1) is 19.4. The van der Waals surface area contributed by atoms with Crippen LogP contribution in [0.3, 0.4) is 0 Å². The van der Waals surface area contributed by atoms with E-state index < -0.39 is 5.60 Å². The summed E-state index contributed by atoms with van der Waals surface area (Å²) in [7, 11) is 0. The second-order valence-electron chi connectivity index (χ2n) is 7.78. The van der Waals surface area contributed by atoms with Gasteiger partial charge >= 0.3 is 0 Å². The first-order chi connectivity index (χ1) is 11.6. The number of aryl methyl sites for hydroxylation is 4. The zero-order valence-corrected chi connectivity index (χ0v) is 16.9. The van der Waals surface area contributed by atoms with Gasteiger partial charge in [0.15, 0.2) is 0 Å². The maximum absolute atomic E-state index is 10.1. The monoisotopic (exact) mass is 340 g/mol. The standard InChI is InChI=1S/C23H32O2/c1-9-23(8,20-12-15(4)21(24)16(5)13-20)25-22-17(6)10-19(14(2)3)11-18(22)7/h10-14,24H,9H2,1-8H3. The summed E-state index contributed by atoms with van der Waals surface area (Å²) in [4.78, 5) is 0. The topological polar surface area (TPSA) is 29.5 Å². The molecule has 0 radical (unpaired) electrons. The maximum Gasteiger partial charge on any atom is 0.131 e. The van der Waals surface area contributed by atoms with E-state index in [2.05, 4.69) is 53.7 Å². The molecule has 0 aliphatic rings. The average Bonchev–Trinajstić information content (AvgIpc) is 2.54. The van der Waals surface area contributed by atoms with Crippen molar-refractivity contribution >= 4 is 0 Å². The van der Waals surface area contributed by atoms with E-state index >= 15 is 0 Å². The average molecular weight is 341 g/mol. The van der Waals surface area contributed by atoms with Crippen molar-refractivity contribution in [2.24, 2.45) is 0 Å². The molecule has 2 aromatic rings. The Hall–Kier alpha value is -1.96. The lowest BCUT2D eigenvalue weighted by molar-refractivity contribution is 0.0806. The van der Waals surface area contributed by atoms with E-state index in [1.165, 1.54) is 16.7 Å². The van der Waals surface area contributed by atoms with Crippen molar-refractivity contribution in [2.75, 3.05) is 0 Å². The van der Waals surface area contributed by atoms with Crippen LogP contribution in [0.4, 0.5) is 0 Å². The Balaban J connectivity index is 2.49. The van der Waals surface area contributed by atoms with Crippen molar-refractivity contribution in [3.63, 3.8) is 0 Å². The number of phenolic OH excluding ortho intramolecular Hbond substituents is 1. The van der Waals surface area contributed by atoms with Gasteiger partial charge in [-0.1, -0.05) is 32.9 Å². The van der Waals surface area contributed by atoms with E-state index in [4.69, 9.17) is 4.74 Å². The Kier molecular flexibility index (Phi) is 5.51. The summed E-state index contributed by atoms with van der Waals surface area (Å²) < 4.78 is 6.60. The Labute approximate surface area is 152 Å². The first-order valence-corrected chi connectivity index (χ1v) is 9.20. The number of hydrogen-bond donors (Lipinski definition) is 1. The number of phenols is 1. The van der Waals surface area contributed by atoms with Crippen LogP contribution in [0.5, 0.6) is 11.5 Å². The molecule has 1 atom stereocenters. The fraction of sp³-hybridized carbons (Fsp3) is 0.478. The highest BCUT2D eigenvalue weighted by Gasteiger charge is 2.29. The van der Waals surface area contributed by atoms with Crippen LogP contribution in [0, 0.1) is 27.7 Å². The molecule has 1 unspecified atom stereocenters. The molecule has 0 spiro atoms. The van der Waals surface area contributed by atoms with Gasteiger partial charge < -0.3 is 9.84 Å². The van der Waals surface area contributed by atoms with Crippen molar-refractivity contribution in [3.8, 4) is 11.5 Å². The summed E-state index contributed by atoms with van der Waals surface area (Å²) >= 11 is 0. The van der Waals surface area contributed by atoms with Crippen LogP contribution in [-0.4, -0.2) is 5.11 Å². The number of benzene rings is 2. The minimum absolute atomic E-state index is 0.371. The number of ether oxygens (including phenoxy) is 1. The van der Waals surface area contributed by atoms with Crippen molar-refractivity contribution in [1.82, 2.24) is 0 Å². The molecule has 0 saturated carbocycles. The fourth-order valence-electron chi connectivity index (χ4n) is 3.30. The van der Waals surface area contributed by atoms with Gasteiger partial charge in [0.05, 0.1) is 0 Å². The molecular formula is C23H32O2. The van der Waals surface area contributed by atoms with E-state index in [0.29, 0.717) is 11.7 Å². The molecule has 25 heavy (non-hydrogen) atoms. The molecule has 0 aromatic heterocycles. The fourth-order valence-corrected chi connectivity index (χ4v) is 3.30. The largest absolute Gasteiger partial charge is 0.507 e. The molecule has 2 nitrogen and oxygen atoms in total. The van der Waals surface area contributed by atoms with E-state index in [1.54, 1.807) is 0 Å². The van der Waals surface area contributed by atoms with Crippen LogP contribution < -0.4 is 4.74 Å². The number of hydrogen-bond acceptors (Lipinski definition) is 2. The molecule has 0 aliphatic carbocycles. The molecule has 2 heteroatoms. The van der Waals surface area contributed by atoms with E-state index in [0.717, 1.165) is 28.9 Å². The van der Waals surface area contributed by atoms with Crippen LogP contribution in [0.15, 0.2) is 24.3 Å². The lowest BCUT2D eigenvalue weighted by Gasteiger charge is -2.33. The van der Waals surface area contributed by atoms with Crippen LogP contribution >= 0.6 is 0 Å². The van der Waals surface area contributed by atoms with Crippen molar-refractivity contribution in [1.29, 1.82) is 0 Å². The molecule has 2 aromatic carbocycles. The second kappa shape index (κ2) is 7.11. The van der Waals surface area contributed by atoms with E-state index in [1.807, 2.05) is 26.0 Å². The van der Waals surface area contributed by atoms with Gasteiger partial charge in [-0.25, -0.2) is 0 Å². The summed E-state index contributed by atoms with van der Waals surface area (Å²) in [6.45, 7) is 16.8. The molecule has 1 N–H and O–H groups in total. The summed E-state index contributed by atoms with van der Waals surface area (Å²) in [6, 6.07) is 8.55. The third-order valence-corrected chi connectivity index (χ3v) is 5.25. The Bertz CT molecular complexity index is 728. The third-order valence-electron chi connectivity index (χ3n) is 5.25. The van der Waals surface area contributed by atoms with Crippen molar-refractivity contribution in [2.45, 2.75) is 73.3 Å². The Morgan fingerprint density at radius 3 is 1.80 bits per heavy atom. The molecule has 0 fully saturated rings. The van der Waals surface area contributed by atoms with Gasteiger partial charge in [-0.05, 0) is 92.5 Å². The SMILES string of the molecule is CCC(C)(Oc1c(C)cc(C(C)C)cc1C)c1cc(C)c(O)c(C)c1. The molecule has 0 aliphatic heterocycles. The van der Waals surface area contributed by atoms with Gasteiger partial charge in [-0.2, -0.15) is 0 Å². The highest BCUT2D eigenvalue weighted by molar-refractivity contribution is 5.47. The second-order valence-corrected chi connectivity index (χ2v) is 7.78. The summed E-state index contributed by atoms with van der Waals surface area (Å²) in [6.07, 6.45) is 0.849. The minimum atomic E-state index is -0.432. The third kappa shape index (κ3) is 3.84. The maximum atomic E-state index is 10.1. The van der Waals surface area contributed by atoms with Gasteiger partial charge in [-0.15, -0.1) is 0 Å². The van der Waals surface area contributed by atoms with Crippen LogP contribution in [-0.2, 0) is 5.60 Å². The quantitative estimate of drug-likeness (QED) is 0.677. The number of rotatable bonds is 5. The first-order valence-electron chi connectivity index (χ1n) is 9.20. The van der Waals surface area contributed by atoms with Crippen molar-refractivity contribution in [3.05, 3.63) is 57.6 Å².